The number of urea groups is 1. The summed E-state index contributed by atoms with van der Waals surface area (Å²) in [4.78, 5) is 24.6. The minimum atomic E-state index is -1.08. The normalized spacial score (nSPS) is 10.0. The molecule has 0 radical (unpaired) electrons. The third kappa shape index (κ3) is 3.14. The zero-order valence-corrected chi connectivity index (χ0v) is 12.3. The average molecular weight is 306 g/mol. The predicted molar refractivity (Wildman–Crippen MR) is 81.7 cm³/mol. The number of nitrogens with zero attached hydrogens (tertiary/aromatic N) is 1. The Bertz CT molecular complexity index is 668. The van der Waals surface area contributed by atoms with E-state index in [1.54, 1.807) is 36.7 Å². The van der Waals surface area contributed by atoms with Crippen molar-refractivity contribution in [3.63, 3.8) is 0 Å². The number of nitrogens with one attached hydrogen (secondary N) is 1. The van der Waals surface area contributed by atoms with Crippen LogP contribution in [0.4, 0.5) is 15.5 Å². The molecule has 0 saturated carbocycles. The highest BCUT2D eigenvalue weighted by Gasteiger charge is 2.18. The molecule has 0 aliphatic carbocycles. The number of thiophene rings is 1. The molecule has 7 heteroatoms. The highest BCUT2D eigenvalue weighted by Crippen LogP contribution is 2.28. The van der Waals surface area contributed by atoms with Gasteiger partial charge in [-0.15, -0.1) is 11.3 Å². The molecule has 2 aromatic rings. The maximum Gasteiger partial charge on any atom is 0.338 e. The average Bonchev–Trinajstić information content (AvgIpc) is 2.94. The number of hydrogen-bond acceptors (Lipinski definition) is 4. The van der Waals surface area contributed by atoms with Crippen molar-refractivity contribution >= 4 is 34.0 Å². The number of para-hydroxylation sites is 2. The van der Waals surface area contributed by atoms with Gasteiger partial charge in [-0.2, -0.15) is 0 Å². The van der Waals surface area contributed by atoms with Crippen LogP contribution in [0.25, 0.3) is 0 Å². The molecule has 0 atom stereocenters. The molecule has 6 nitrogen and oxygen atoms in total. The number of ether oxygens (including phenoxy) is 1. The predicted octanol–water partition coefficient (Wildman–Crippen LogP) is 3.12. The van der Waals surface area contributed by atoms with Crippen LogP contribution in [0.5, 0.6) is 5.75 Å². The summed E-state index contributed by atoms with van der Waals surface area (Å²) >= 11 is 1.16. The number of rotatable bonds is 4. The van der Waals surface area contributed by atoms with Crippen molar-refractivity contribution < 1.29 is 19.4 Å². The summed E-state index contributed by atoms with van der Waals surface area (Å²) in [5.41, 5.74) is 0.660. The second-order valence-electron chi connectivity index (χ2n) is 4.13. The van der Waals surface area contributed by atoms with Crippen molar-refractivity contribution in [3.8, 4) is 5.75 Å². The Morgan fingerprint density at radius 3 is 2.67 bits per heavy atom. The molecule has 0 aliphatic rings. The third-order valence-electron chi connectivity index (χ3n) is 2.87. The highest BCUT2D eigenvalue weighted by atomic mass is 32.1. The van der Waals surface area contributed by atoms with Crippen LogP contribution in [0.3, 0.4) is 0 Å². The molecule has 1 heterocycles. The van der Waals surface area contributed by atoms with Crippen LogP contribution in [0.15, 0.2) is 35.7 Å². The molecule has 1 aromatic heterocycles. The lowest BCUT2D eigenvalue weighted by atomic mass is 10.3. The summed E-state index contributed by atoms with van der Waals surface area (Å²) in [6.45, 7) is 0. The Balaban J connectivity index is 2.20. The Morgan fingerprint density at radius 2 is 2.00 bits per heavy atom. The molecule has 2 N–H and O–H groups in total. The van der Waals surface area contributed by atoms with Crippen LogP contribution in [0, 0.1) is 0 Å². The number of hydrogen-bond donors (Lipinski definition) is 2. The number of aromatic carboxylic acids is 1. The van der Waals surface area contributed by atoms with E-state index in [0.29, 0.717) is 16.4 Å². The second-order valence-corrected chi connectivity index (χ2v) is 5.05. The Hall–Kier alpha value is -2.54. The number of amides is 2. The van der Waals surface area contributed by atoms with Gasteiger partial charge in [0.05, 0.1) is 18.4 Å². The van der Waals surface area contributed by atoms with E-state index < -0.39 is 12.0 Å². The van der Waals surface area contributed by atoms with Gasteiger partial charge in [0.15, 0.2) is 0 Å². The lowest BCUT2D eigenvalue weighted by Gasteiger charge is -2.20. The molecule has 2 rings (SSSR count). The number of carbonyl (C=O) groups excluding carboxylic acids is 1. The highest BCUT2D eigenvalue weighted by molar-refractivity contribution is 7.14. The SMILES string of the molecule is COc1ccccc1N(C)C(=O)Nc1sccc1C(=O)O. The first kappa shape index (κ1) is 14.9. The van der Waals surface area contributed by atoms with E-state index in [-0.39, 0.29) is 5.56 Å². The van der Waals surface area contributed by atoms with Gasteiger partial charge in [-0.25, -0.2) is 9.59 Å². The number of methoxy groups -OCH3 is 1. The Morgan fingerprint density at radius 1 is 1.29 bits per heavy atom. The van der Waals surface area contributed by atoms with Crippen LogP contribution in [-0.2, 0) is 0 Å². The monoisotopic (exact) mass is 306 g/mol. The zero-order valence-electron chi connectivity index (χ0n) is 11.5. The van der Waals surface area contributed by atoms with Crippen molar-refractivity contribution in [2.45, 2.75) is 0 Å². The van der Waals surface area contributed by atoms with E-state index in [0.717, 1.165) is 11.3 Å². The van der Waals surface area contributed by atoms with Gasteiger partial charge in [0.2, 0.25) is 0 Å². The van der Waals surface area contributed by atoms with Crippen molar-refractivity contribution in [1.82, 2.24) is 0 Å². The molecule has 21 heavy (non-hydrogen) atoms. The summed E-state index contributed by atoms with van der Waals surface area (Å²) in [6, 6.07) is 8.08. The van der Waals surface area contributed by atoms with E-state index in [9.17, 15) is 9.59 Å². The topological polar surface area (TPSA) is 78.9 Å². The quantitative estimate of drug-likeness (QED) is 0.909. The van der Waals surface area contributed by atoms with E-state index >= 15 is 0 Å². The van der Waals surface area contributed by atoms with Crippen molar-refractivity contribution in [1.29, 1.82) is 0 Å². The smallest absolute Gasteiger partial charge is 0.338 e. The van der Waals surface area contributed by atoms with Crippen LogP contribution in [0.1, 0.15) is 10.4 Å². The van der Waals surface area contributed by atoms with E-state index in [1.807, 2.05) is 0 Å². The number of anilines is 2. The van der Waals surface area contributed by atoms with Gasteiger partial charge in [-0.05, 0) is 23.6 Å². The molecule has 1 aromatic carbocycles. The van der Waals surface area contributed by atoms with Crippen LogP contribution >= 0.6 is 11.3 Å². The summed E-state index contributed by atoms with van der Waals surface area (Å²) < 4.78 is 5.20. The fraction of sp³-hybridized carbons (Fsp3) is 0.143. The second kappa shape index (κ2) is 6.27. The number of benzene rings is 1. The maximum atomic E-state index is 12.2. The van der Waals surface area contributed by atoms with E-state index in [2.05, 4.69) is 5.32 Å². The molecule has 0 spiro atoms. The molecule has 110 valence electrons. The molecule has 2 amide bonds. The van der Waals surface area contributed by atoms with Gasteiger partial charge in [0.25, 0.3) is 0 Å². The van der Waals surface area contributed by atoms with Gasteiger partial charge < -0.3 is 9.84 Å². The fourth-order valence-corrected chi connectivity index (χ4v) is 2.54. The lowest BCUT2D eigenvalue weighted by Crippen LogP contribution is -2.31. The fourth-order valence-electron chi connectivity index (χ4n) is 1.77. The maximum absolute atomic E-state index is 12.2. The van der Waals surface area contributed by atoms with Crippen LogP contribution in [0.2, 0.25) is 0 Å². The zero-order chi connectivity index (χ0) is 15.4. The Labute approximate surface area is 125 Å². The van der Waals surface area contributed by atoms with Crippen molar-refractivity contribution in [2.75, 3.05) is 24.4 Å². The summed E-state index contributed by atoms with van der Waals surface area (Å²) in [6.07, 6.45) is 0. The van der Waals surface area contributed by atoms with Gasteiger partial charge >= 0.3 is 12.0 Å². The van der Waals surface area contributed by atoms with Gasteiger partial charge in [-0.1, -0.05) is 12.1 Å². The number of carboxylic acid groups (broad SMARTS) is 1. The molecular weight excluding hydrogens is 292 g/mol. The van der Waals surface area contributed by atoms with Crippen molar-refractivity contribution in [3.05, 3.63) is 41.3 Å². The largest absolute Gasteiger partial charge is 0.495 e. The number of carboxylic acids is 1. The first-order valence-corrected chi connectivity index (χ1v) is 6.91. The third-order valence-corrected chi connectivity index (χ3v) is 3.70. The van der Waals surface area contributed by atoms with Crippen LogP contribution < -0.4 is 15.0 Å². The first-order valence-electron chi connectivity index (χ1n) is 6.03. The minimum Gasteiger partial charge on any atom is -0.495 e. The summed E-state index contributed by atoms with van der Waals surface area (Å²) in [5.74, 6) is -0.522. The van der Waals surface area contributed by atoms with Gasteiger partial charge in [-0.3, -0.25) is 10.2 Å². The Kier molecular flexibility index (Phi) is 4.44. The van der Waals surface area contributed by atoms with Crippen molar-refractivity contribution in [2.24, 2.45) is 0 Å². The molecule has 0 unspecified atom stereocenters. The van der Waals surface area contributed by atoms with Gasteiger partial charge in [0, 0.05) is 7.05 Å². The molecule has 0 saturated heterocycles. The molecule has 0 bridgehead atoms. The lowest BCUT2D eigenvalue weighted by molar-refractivity contribution is 0.0698. The molecular formula is C14H14N2O4S. The van der Waals surface area contributed by atoms with Gasteiger partial charge in [0.1, 0.15) is 10.8 Å². The summed E-state index contributed by atoms with van der Waals surface area (Å²) in [5, 5.41) is 13.5. The number of carbonyl (C=O) groups is 2. The van der Waals surface area contributed by atoms with E-state index in [4.69, 9.17) is 9.84 Å². The first-order chi connectivity index (χ1) is 10.0. The summed E-state index contributed by atoms with van der Waals surface area (Å²) in [7, 11) is 3.10. The molecule has 0 aliphatic heterocycles. The molecule has 0 fully saturated rings. The standard InChI is InChI=1S/C14H14N2O4S/c1-16(10-5-3-4-6-11(10)20-2)14(19)15-12-9(13(17)18)7-8-21-12/h3-8H,1-2H3,(H,15,19)(H,17,18). The van der Waals surface area contributed by atoms with Crippen LogP contribution in [-0.4, -0.2) is 31.3 Å². The minimum absolute atomic E-state index is 0.0711. The van der Waals surface area contributed by atoms with E-state index in [1.165, 1.54) is 18.1 Å².